The quantitative estimate of drug-likeness (QED) is 0.735. The summed E-state index contributed by atoms with van der Waals surface area (Å²) in [6.45, 7) is 1.29. The number of hydrogen-bond acceptors (Lipinski definition) is 4. The number of hydrogen-bond donors (Lipinski definition) is 1. The van der Waals surface area contributed by atoms with Crippen molar-refractivity contribution in [3.63, 3.8) is 0 Å². The molecule has 0 aromatic heterocycles. The van der Waals surface area contributed by atoms with E-state index in [2.05, 4.69) is 5.32 Å². The normalized spacial score (nSPS) is 15.4. The first kappa shape index (κ1) is 21.4. The number of ether oxygens (including phenoxy) is 1. The Hall–Kier alpha value is -1.35. The van der Waals surface area contributed by atoms with E-state index in [9.17, 15) is 13.2 Å². The van der Waals surface area contributed by atoms with Gasteiger partial charge in [0.05, 0.1) is 28.8 Å². The average molecular weight is 464 g/mol. The van der Waals surface area contributed by atoms with Gasteiger partial charge in [-0.15, -0.1) is 0 Å². The van der Waals surface area contributed by atoms with E-state index in [1.807, 2.05) is 0 Å². The molecule has 1 saturated heterocycles. The number of nitrogens with zero attached hydrogens (tertiary/aromatic N) is 1. The van der Waals surface area contributed by atoms with Crippen molar-refractivity contribution in [3.05, 3.63) is 62.6 Å². The fourth-order valence-electron chi connectivity index (χ4n) is 2.71. The van der Waals surface area contributed by atoms with Gasteiger partial charge in [-0.1, -0.05) is 46.9 Å². The maximum atomic E-state index is 12.9. The summed E-state index contributed by atoms with van der Waals surface area (Å²) in [7, 11) is -3.87. The summed E-state index contributed by atoms with van der Waals surface area (Å²) >= 11 is 18.1. The molecule has 28 heavy (non-hydrogen) atoms. The number of amides is 1. The SMILES string of the molecule is O=C(NCc1ccc(Cl)cc1)c1cc(S(=O)(=O)N2CCOCC2)c(Cl)cc1Cl. The third-order valence-corrected chi connectivity index (χ3v) is 7.15. The maximum Gasteiger partial charge on any atom is 0.253 e. The predicted molar refractivity (Wildman–Crippen MR) is 109 cm³/mol. The molecule has 10 heteroatoms. The maximum absolute atomic E-state index is 12.9. The molecule has 1 heterocycles. The topological polar surface area (TPSA) is 75.7 Å². The Bertz CT molecular complexity index is 975. The van der Waals surface area contributed by atoms with Crippen LogP contribution in [0, 0.1) is 0 Å². The average Bonchev–Trinajstić information content (AvgIpc) is 2.68. The standard InChI is InChI=1S/C18H17Cl3N2O4S/c19-13-3-1-12(2-4-13)11-22-18(24)14-9-17(16(21)10-15(14)20)28(25,26)23-5-7-27-8-6-23/h1-4,9-10H,5-8,11H2,(H,22,24). The summed E-state index contributed by atoms with van der Waals surface area (Å²) in [4.78, 5) is 12.4. The minimum atomic E-state index is -3.87. The van der Waals surface area contributed by atoms with Gasteiger partial charge in [0.25, 0.3) is 5.91 Å². The number of nitrogens with one attached hydrogen (secondary N) is 1. The lowest BCUT2D eigenvalue weighted by molar-refractivity contribution is 0.0730. The van der Waals surface area contributed by atoms with Gasteiger partial charge in [-0.25, -0.2) is 8.42 Å². The summed E-state index contributed by atoms with van der Waals surface area (Å²) in [5, 5.41) is 3.34. The van der Waals surface area contributed by atoms with E-state index in [0.29, 0.717) is 18.2 Å². The molecule has 6 nitrogen and oxygen atoms in total. The summed E-state index contributed by atoms with van der Waals surface area (Å²) in [6, 6.07) is 9.47. The van der Waals surface area contributed by atoms with Gasteiger partial charge in [-0.2, -0.15) is 4.31 Å². The first-order valence-electron chi connectivity index (χ1n) is 8.38. The van der Waals surface area contributed by atoms with Gasteiger partial charge >= 0.3 is 0 Å². The van der Waals surface area contributed by atoms with Gasteiger partial charge in [-0.05, 0) is 29.8 Å². The summed E-state index contributed by atoms with van der Waals surface area (Å²) in [6.07, 6.45) is 0. The second-order valence-corrected chi connectivity index (χ2v) is 9.25. The Kier molecular flexibility index (Phi) is 6.85. The lowest BCUT2D eigenvalue weighted by atomic mass is 10.2. The van der Waals surface area contributed by atoms with Gasteiger partial charge in [0.15, 0.2) is 0 Å². The Labute approximate surface area is 178 Å². The van der Waals surface area contributed by atoms with Crippen molar-refractivity contribution in [1.29, 1.82) is 0 Å². The molecule has 0 bridgehead atoms. The fraction of sp³-hybridized carbons (Fsp3) is 0.278. The van der Waals surface area contributed by atoms with Crippen molar-refractivity contribution in [2.75, 3.05) is 26.3 Å². The molecule has 1 aliphatic rings. The molecular formula is C18H17Cl3N2O4S. The largest absolute Gasteiger partial charge is 0.379 e. The minimum absolute atomic E-state index is 0.0341. The highest BCUT2D eigenvalue weighted by molar-refractivity contribution is 7.89. The minimum Gasteiger partial charge on any atom is -0.379 e. The van der Waals surface area contributed by atoms with Crippen LogP contribution in [0.15, 0.2) is 41.3 Å². The monoisotopic (exact) mass is 462 g/mol. The molecule has 1 amide bonds. The lowest BCUT2D eigenvalue weighted by Gasteiger charge is -2.26. The first-order chi connectivity index (χ1) is 13.3. The number of rotatable bonds is 5. The van der Waals surface area contributed by atoms with Gasteiger partial charge < -0.3 is 10.1 Å². The Morgan fingerprint density at radius 3 is 2.32 bits per heavy atom. The van der Waals surface area contributed by atoms with Crippen LogP contribution in [-0.4, -0.2) is 44.9 Å². The number of sulfonamides is 1. The van der Waals surface area contributed by atoms with E-state index in [1.165, 1.54) is 16.4 Å². The molecule has 150 valence electrons. The van der Waals surface area contributed by atoms with E-state index < -0.39 is 15.9 Å². The molecule has 1 aliphatic heterocycles. The Balaban J connectivity index is 1.84. The van der Waals surface area contributed by atoms with Crippen LogP contribution in [0.1, 0.15) is 15.9 Å². The molecular weight excluding hydrogens is 447 g/mol. The van der Waals surface area contributed by atoms with E-state index in [1.54, 1.807) is 24.3 Å². The second-order valence-electron chi connectivity index (χ2n) is 6.09. The Morgan fingerprint density at radius 2 is 1.68 bits per heavy atom. The predicted octanol–water partition coefficient (Wildman–Crippen LogP) is 3.60. The van der Waals surface area contributed by atoms with Crippen molar-refractivity contribution in [3.8, 4) is 0 Å². The van der Waals surface area contributed by atoms with Crippen molar-refractivity contribution in [2.45, 2.75) is 11.4 Å². The number of halogens is 3. The second kappa shape index (κ2) is 8.98. The zero-order valence-corrected chi connectivity index (χ0v) is 17.7. The smallest absolute Gasteiger partial charge is 0.253 e. The first-order valence-corrected chi connectivity index (χ1v) is 11.0. The fourth-order valence-corrected chi connectivity index (χ4v) is 5.07. The molecule has 0 unspecified atom stereocenters. The molecule has 2 aromatic carbocycles. The van der Waals surface area contributed by atoms with Crippen LogP contribution in [-0.2, 0) is 21.3 Å². The molecule has 2 aromatic rings. The van der Waals surface area contributed by atoms with Crippen LogP contribution in [0.2, 0.25) is 15.1 Å². The zero-order chi connectivity index (χ0) is 20.3. The van der Waals surface area contributed by atoms with E-state index in [0.717, 1.165) is 5.56 Å². The van der Waals surface area contributed by atoms with Crippen LogP contribution in [0.4, 0.5) is 0 Å². The summed E-state index contributed by atoms with van der Waals surface area (Å²) in [5.41, 5.74) is 0.871. The molecule has 0 radical (unpaired) electrons. The van der Waals surface area contributed by atoms with E-state index in [4.69, 9.17) is 39.5 Å². The van der Waals surface area contributed by atoms with E-state index in [-0.39, 0.29) is 40.1 Å². The van der Waals surface area contributed by atoms with Crippen molar-refractivity contribution in [1.82, 2.24) is 9.62 Å². The Morgan fingerprint density at radius 1 is 1.04 bits per heavy atom. The highest BCUT2D eigenvalue weighted by Gasteiger charge is 2.30. The molecule has 0 atom stereocenters. The third kappa shape index (κ3) is 4.79. The molecule has 1 fully saturated rings. The molecule has 3 rings (SSSR count). The zero-order valence-electron chi connectivity index (χ0n) is 14.6. The molecule has 1 N–H and O–H groups in total. The summed E-state index contributed by atoms with van der Waals surface area (Å²) < 4.78 is 32.3. The van der Waals surface area contributed by atoms with E-state index >= 15 is 0 Å². The van der Waals surface area contributed by atoms with Crippen LogP contribution in [0.5, 0.6) is 0 Å². The van der Waals surface area contributed by atoms with Crippen molar-refractivity contribution in [2.24, 2.45) is 0 Å². The van der Waals surface area contributed by atoms with Crippen molar-refractivity contribution >= 4 is 50.7 Å². The third-order valence-electron chi connectivity index (χ3n) is 4.22. The highest BCUT2D eigenvalue weighted by Crippen LogP contribution is 2.31. The van der Waals surface area contributed by atoms with Crippen LogP contribution in [0.25, 0.3) is 0 Å². The number of morpholine rings is 1. The molecule has 0 saturated carbocycles. The van der Waals surface area contributed by atoms with Crippen molar-refractivity contribution < 1.29 is 17.9 Å². The van der Waals surface area contributed by atoms with Gasteiger partial charge in [0.1, 0.15) is 4.90 Å². The lowest BCUT2D eigenvalue weighted by Crippen LogP contribution is -2.40. The van der Waals surface area contributed by atoms with Gasteiger partial charge in [0.2, 0.25) is 10.0 Å². The van der Waals surface area contributed by atoms with Crippen LogP contribution in [0.3, 0.4) is 0 Å². The molecule has 0 aliphatic carbocycles. The number of carbonyl (C=O) groups excluding carboxylic acids is 1. The van der Waals surface area contributed by atoms with Crippen LogP contribution >= 0.6 is 34.8 Å². The highest BCUT2D eigenvalue weighted by atomic mass is 35.5. The molecule has 0 spiro atoms. The number of benzene rings is 2. The van der Waals surface area contributed by atoms with Gasteiger partial charge in [0, 0.05) is 24.7 Å². The van der Waals surface area contributed by atoms with Crippen LogP contribution < -0.4 is 5.32 Å². The number of carbonyl (C=O) groups is 1. The van der Waals surface area contributed by atoms with Gasteiger partial charge in [-0.3, -0.25) is 4.79 Å². The summed E-state index contributed by atoms with van der Waals surface area (Å²) in [5.74, 6) is -0.505.